The molecule has 0 spiro atoms. The van der Waals surface area contributed by atoms with Gasteiger partial charge in [-0.1, -0.05) is 0 Å². The maximum absolute atomic E-state index is 9.33. The van der Waals surface area contributed by atoms with E-state index in [2.05, 4.69) is 9.97 Å². The molecule has 12 heavy (non-hydrogen) atoms. The summed E-state index contributed by atoms with van der Waals surface area (Å²) >= 11 is 0. The van der Waals surface area contributed by atoms with E-state index in [0.29, 0.717) is 11.6 Å². The van der Waals surface area contributed by atoms with E-state index in [9.17, 15) is 5.11 Å². The minimum Gasteiger partial charge on any atom is -0.480 e. The molecule has 1 aromatic rings. The molecule has 0 fully saturated rings. The maximum Gasteiger partial charge on any atom is 0.238 e. The van der Waals surface area contributed by atoms with E-state index < -0.39 is 6.10 Å². The third-order valence-corrected chi connectivity index (χ3v) is 1.42. The molecule has 1 rings (SSSR count). The Hall–Kier alpha value is -1.20. The third kappa shape index (κ3) is 1.69. The van der Waals surface area contributed by atoms with Gasteiger partial charge in [-0.2, -0.15) is 0 Å². The Morgan fingerprint density at radius 3 is 2.83 bits per heavy atom. The Labute approximate surface area is 70.2 Å². The van der Waals surface area contributed by atoms with Crippen LogP contribution < -0.4 is 10.5 Å². The summed E-state index contributed by atoms with van der Waals surface area (Å²) in [6.07, 6.45) is 2.16. The second-order valence-corrected chi connectivity index (χ2v) is 2.20. The summed E-state index contributed by atoms with van der Waals surface area (Å²) in [6, 6.07) is 0. The molecule has 0 saturated carbocycles. The van der Waals surface area contributed by atoms with Crippen LogP contribution in [0.25, 0.3) is 0 Å². The maximum atomic E-state index is 9.33. The van der Waals surface area contributed by atoms with Crippen molar-refractivity contribution in [3.8, 4) is 5.88 Å². The summed E-state index contributed by atoms with van der Waals surface area (Å²) in [6.45, 7) is 0.106. The zero-order chi connectivity index (χ0) is 8.97. The summed E-state index contributed by atoms with van der Waals surface area (Å²) in [4.78, 5) is 7.77. The first kappa shape index (κ1) is 8.89. The lowest BCUT2D eigenvalue weighted by Gasteiger charge is -2.09. The fourth-order valence-corrected chi connectivity index (χ4v) is 0.833. The molecule has 5 nitrogen and oxygen atoms in total. The van der Waals surface area contributed by atoms with E-state index in [0.717, 1.165) is 0 Å². The number of hydrogen-bond donors (Lipinski definition) is 2. The monoisotopic (exact) mass is 169 g/mol. The molecular weight excluding hydrogens is 158 g/mol. The number of rotatable bonds is 3. The first-order valence-electron chi connectivity index (χ1n) is 3.52. The van der Waals surface area contributed by atoms with Crippen LogP contribution in [0.4, 0.5) is 0 Å². The predicted molar refractivity (Wildman–Crippen MR) is 42.6 cm³/mol. The van der Waals surface area contributed by atoms with Gasteiger partial charge in [-0.3, -0.25) is 4.98 Å². The molecule has 1 heterocycles. The lowest BCUT2D eigenvalue weighted by Crippen LogP contribution is -2.14. The van der Waals surface area contributed by atoms with Crippen LogP contribution in [0.5, 0.6) is 5.88 Å². The van der Waals surface area contributed by atoms with Gasteiger partial charge in [-0.05, 0) is 0 Å². The standard InChI is InChI=1S/C7H11N3O2/c1-12-7-6(5(11)4-8)9-2-3-10-7/h2-3,5,11H,4,8H2,1H3. The lowest BCUT2D eigenvalue weighted by molar-refractivity contribution is 0.175. The van der Waals surface area contributed by atoms with E-state index in [4.69, 9.17) is 10.5 Å². The highest BCUT2D eigenvalue weighted by atomic mass is 16.5. The normalized spacial score (nSPS) is 12.6. The fraction of sp³-hybridized carbons (Fsp3) is 0.429. The fourth-order valence-electron chi connectivity index (χ4n) is 0.833. The zero-order valence-corrected chi connectivity index (χ0v) is 6.77. The van der Waals surface area contributed by atoms with Crippen molar-refractivity contribution >= 4 is 0 Å². The molecule has 0 aliphatic carbocycles. The van der Waals surface area contributed by atoms with E-state index >= 15 is 0 Å². The topological polar surface area (TPSA) is 81.3 Å². The highest BCUT2D eigenvalue weighted by molar-refractivity contribution is 5.19. The van der Waals surface area contributed by atoms with Crippen molar-refractivity contribution in [2.45, 2.75) is 6.10 Å². The highest BCUT2D eigenvalue weighted by Crippen LogP contribution is 2.17. The molecule has 66 valence electrons. The van der Waals surface area contributed by atoms with Crippen LogP contribution in [0.3, 0.4) is 0 Å². The summed E-state index contributed by atoms with van der Waals surface area (Å²) in [5, 5.41) is 9.33. The number of ether oxygens (including phenoxy) is 1. The van der Waals surface area contributed by atoms with Gasteiger partial charge in [0, 0.05) is 18.9 Å². The van der Waals surface area contributed by atoms with E-state index in [1.807, 2.05) is 0 Å². The third-order valence-electron chi connectivity index (χ3n) is 1.42. The first-order chi connectivity index (χ1) is 5.79. The number of nitrogens with two attached hydrogens (primary N) is 1. The number of nitrogens with zero attached hydrogens (tertiary/aromatic N) is 2. The smallest absolute Gasteiger partial charge is 0.238 e. The van der Waals surface area contributed by atoms with Crippen molar-refractivity contribution in [2.24, 2.45) is 5.73 Å². The van der Waals surface area contributed by atoms with Crippen LogP contribution in [0.15, 0.2) is 12.4 Å². The summed E-state index contributed by atoms with van der Waals surface area (Å²) < 4.78 is 4.88. The Kier molecular flexibility index (Phi) is 2.95. The van der Waals surface area contributed by atoms with Gasteiger partial charge < -0.3 is 15.6 Å². The second-order valence-electron chi connectivity index (χ2n) is 2.20. The molecular formula is C7H11N3O2. The summed E-state index contributed by atoms with van der Waals surface area (Å²) in [5.41, 5.74) is 5.63. The van der Waals surface area contributed by atoms with Gasteiger partial charge >= 0.3 is 0 Å². The largest absolute Gasteiger partial charge is 0.480 e. The Morgan fingerprint density at radius 2 is 2.25 bits per heavy atom. The Bertz CT molecular complexity index is 254. The average Bonchev–Trinajstić information content (AvgIpc) is 2.16. The van der Waals surface area contributed by atoms with Gasteiger partial charge in [-0.25, -0.2) is 4.98 Å². The van der Waals surface area contributed by atoms with Crippen molar-refractivity contribution in [2.75, 3.05) is 13.7 Å². The number of aromatic nitrogens is 2. The van der Waals surface area contributed by atoms with E-state index in [-0.39, 0.29) is 6.54 Å². The van der Waals surface area contributed by atoms with Crippen molar-refractivity contribution < 1.29 is 9.84 Å². The molecule has 0 radical (unpaired) electrons. The molecule has 0 bridgehead atoms. The number of aliphatic hydroxyl groups is 1. The molecule has 0 aromatic carbocycles. The number of aliphatic hydroxyl groups excluding tert-OH is 1. The van der Waals surface area contributed by atoms with Gasteiger partial charge in [0.25, 0.3) is 0 Å². The van der Waals surface area contributed by atoms with Crippen molar-refractivity contribution in [3.63, 3.8) is 0 Å². The molecule has 0 aliphatic rings. The van der Waals surface area contributed by atoms with E-state index in [1.54, 1.807) is 0 Å². The number of hydrogen-bond acceptors (Lipinski definition) is 5. The molecule has 1 atom stereocenters. The van der Waals surface area contributed by atoms with Crippen LogP contribution in [0.2, 0.25) is 0 Å². The van der Waals surface area contributed by atoms with Gasteiger partial charge in [0.2, 0.25) is 5.88 Å². The quantitative estimate of drug-likeness (QED) is 0.636. The van der Waals surface area contributed by atoms with Crippen molar-refractivity contribution in [1.29, 1.82) is 0 Å². The molecule has 1 unspecified atom stereocenters. The van der Waals surface area contributed by atoms with Gasteiger partial charge in [0.05, 0.1) is 7.11 Å². The van der Waals surface area contributed by atoms with Crippen LogP contribution >= 0.6 is 0 Å². The molecule has 1 aromatic heterocycles. The van der Waals surface area contributed by atoms with E-state index in [1.165, 1.54) is 19.5 Å². The second kappa shape index (κ2) is 3.99. The minimum absolute atomic E-state index is 0.106. The molecule has 5 heteroatoms. The van der Waals surface area contributed by atoms with Crippen LogP contribution in [0, 0.1) is 0 Å². The lowest BCUT2D eigenvalue weighted by atomic mass is 10.2. The first-order valence-corrected chi connectivity index (χ1v) is 3.52. The molecule has 0 saturated heterocycles. The summed E-state index contributed by atoms with van der Waals surface area (Å²) in [5.74, 6) is 0.315. The number of methoxy groups -OCH3 is 1. The summed E-state index contributed by atoms with van der Waals surface area (Å²) in [7, 11) is 1.47. The molecule has 3 N–H and O–H groups in total. The average molecular weight is 169 g/mol. The van der Waals surface area contributed by atoms with Crippen LogP contribution in [0.1, 0.15) is 11.8 Å². The van der Waals surface area contributed by atoms with Gasteiger partial charge in [0.1, 0.15) is 11.8 Å². The van der Waals surface area contributed by atoms with Crippen molar-refractivity contribution in [1.82, 2.24) is 9.97 Å². The van der Waals surface area contributed by atoms with Crippen LogP contribution in [-0.2, 0) is 0 Å². The van der Waals surface area contributed by atoms with Gasteiger partial charge in [-0.15, -0.1) is 0 Å². The highest BCUT2D eigenvalue weighted by Gasteiger charge is 2.13. The SMILES string of the molecule is COc1nccnc1C(O)CN. The van der Waals surface area contributed by atoms with Crippen LogP contribution in [-0.4, -0.2) is 28.7 Å². The van der Waals surface area contributed by atoms with Gasteiger partial charge in [0.15, 0.2) is 0 Å². The Balaban J connectivity index is 2.96. The molecule has 0 amide bonds. The predicted octanol–water partition coefficient (Wildman–Crippen LogP) is -0.523. The van der Waals surface area contributed by atoms with Crippen molar-refractivity contribution in [3.05, 3.63) is 18.1 Å². The Morgan fingerprint density at radius 1 is 1.58 bits per heavy atom. The minimum atomic E-state index is -0.811. The molecule has 0 aliphatic heterocycles. The zero-order valence-electron chi connectivity index (χ0n) is 6.77.